The Bertz CT molecular complexity index is 1170. The molecule has 2 fully saturated rings. The summed E-state index contributed by atoms with van der Waals surface area (Å²) < 4.78 is 0. The molecule has 2 amide bonds. The van der Waals surface area contributed by atoms with Crippen molar-refractivity contribution in [1.82, 2.24) is 14.8 Å². The molecule has 3 heterocycles. The maximum atomic E-state index is 13.3. The summed E-state index contributed by atoms with van der Waals surface area (Å²) in [5, 5.41) is 17.7. The molecular weight excluding hydrogens is 436 g/mol. The van der Waals surface area contributed by atoms with Crippen LogP contribution in [0.3, 0.4) is 0 Å². The first-order chi connectivity index (χ1) is 16.1. The van der Waals surface area contributed by atoms with Gasteiger partial charge in [-0.15, -0.1) is 11.3 Å². The molecule has 0 radical (unpaired) electrons. The molecule has 1 unspecified atom stereocenters. The van der Waals surface area contributed by atoms with Gasteiger partial charge in [0.1, 0.15) is 11.8 Å². The average molecular weight is 465 g/mol. The number of carbonyl (C=O) groups is 2. The van der Waals surface area contributed by atoms with Gasteiger partial charge in [-0.25, -0.2) is 4.98 Å². The van der Waals surface area contributed by atoms with Crippen molar-refractivity contribution in [3.8, 4) is 5.75 Å². The average Bonchev–Trinajstić information content (AvgIpc) is 3.50. The fourth-order valence-corrected chi connectivity index (χ4v) is 5.54. The van der Waals surface area contributed by atoms with Gasteiger partial charge in [-0.3, -0.25) is 14.5 Å². The highest BCUT2D eigenvalue weighted by molar-refractivity contribution is 7.13. The molecule has 0 saturated carbocycles. The van der Waals surface area contributed by atoms with Gasteiger partial charge in [0.2, 0.25) is 5.91 Å². The van der Waals surface area contributed by atoms with Crippen LogP contribution in [0.4, 0.5) is 5.13 Å². The highest BCUT2D eigenvalue weighted by Gasteiger charge is 2.36. The Balaban J connectivity index is 1.27. The molecule has 172 valence electrons. The standard InChI is InChI=1S/C25H28N4O3S/c30-22-19-8-3-2-7-17(19)10-11-20(22)24(32)29-14-6-9-21(29)23(31)27-25-26-18(16-33-25)15-28-12-4-1-5-13-28/h2-3,7-8,10-11,16,21,30H,1,4-6,9,12-15H2,(H,26,27,31). The van der Waals surface area contributed by atoms with Crippen LogP contribution in [0.1, 0.15) is 48.2 Å². The van der Waals surface area contributed by atoms with E-state index in [0.29, 0.717) is 23.5 Å². The molecule has 0 bridgehead atoms. The van der Waals surface area contributed by atoms with Crippen LogP contribution in [0.5, 0.6) is 5.75 Å². The third kappa shape index (κ3) is 4.58. The van der Waals surface area contributed by atoms with Gasteiger partial charge in [-0.05, 0) is 50.2 Å². The number of nitrogens with zero attached hydrogens (tertiary/aromatic N) is 3. The van der Waals surface area contributed by atoms with E-state index in [0.717, 1.165) is 37.1 Å². The molecule has 1 aromatic heterocycles. The van der Waals surface area contributed by atoms with E-state index < -0.39 is 6.04 Å². The fourth-order valence-electron chi connectivity index (χ4n) is 4.84. The molecule has 3 aromatic rings. The van der Waals surface area contributed by atoms with Gasteiger partial charge in [0.15, 0.2) is 5.13 Å². The maximum Gasteiger partial charge on any atom is 0.258 e. The fraction of sp³-hybridized carbons (Fsp3) is 0.400. The second-order valence-electron chi connectivity index (χ2n) is 8.81. The van der Waals surface area contributed by atoms with Gasteiger partial charge in [0.25, 0.3) is 5.91 Å². The Hall–Kier alpha value is -2.97. The van der Waals surface area contributed by atoms with Gasteiger partial charge in [0.05, 0.1) is 11.3 Å². The zero-order valence-electron chi connectivity index (χ0n) is 18.5. The van der Waals surface area contributed by atoms with E-state index >= 15 is 0 Å². The molecule has 0 spiro atoms. The number of phenols is 1. The number of benzene rings is 2. The van der Waals surface area contributed by atoms with Crippen molar-refractivity contribution in [3.05, 3.63) is 53.0 Å². The summed E-state index contributed by atoms with van der Waals surface area (Å²) in [4.78, 5) is 34.9. The Labute approximate surface area is 197 Å². The molecule has 2 saturated heterocycles. The van der Waals surface area contributed by atoms with Crippen LogP contribution in [-0.2, 0) is 11.3 Å². The van der Waals surface area contributed by atoms with Gasteiger partial charge in [-0.1, -0.05) is 36.8 Å². The van der Waals surface area contributed by atoms with Gasteiger partial charge in [-0.2, -0.15) is 0 Å². The molecule has 5 rings (SSSR count). The number of likely N-dealkylation sites (tertiary alicyclic amines) is 2. The van der Waals surface area contributed by atoms with Crippen molar-refractivity contribution in [3.63, 3.8) is 0 Å². The Morgan fingerprint density at radius 2 is 1.88 bits per heavy atom. The highest BCUT2D eigenvalue weighted by atomic mass is 32.1. The topological polar surface area (TPSA) is 85.8 Å². The van der Waals surface area contributed by atoms with Crippen molar-refractivity contribution >= 4 is 39.1 Å². The molecular formula is C25H28N4O3S. The Morgan fingerprint density at radius 1 is 1.06 bits per heavy atom. The van der Waals surface area contributed by atoms with E-state index in [2.05, 4.69) is 15.2 Å². The summed E-state index contributed by atoms with van der Waals surface area (Å²) in [5.41, 5.74) is 1.20. The SMILES string of the molecule is O=C(Nc1nc(CN2CCCCC2)cs1)C1CCCN1C(=O)c1ccc2ccccc2c1O. The number of hydrogen-bond acceptors (Lipinski definition) is 6. The van der Waals surface area contributed by atoms with Crippen LogP contribution in [0.2, 0.25) is 0 Å². The number of fused-ring (bicyclic) bond motifs is 1. The highest BCUT2D eigenvalue weighted by Crippen LogP contribution is 2.31. The predicted octanol–water partition coefficient (Wildman–Crippen LogP) is 4.23. The minimum atomic E-state index is -0.571. The van der Waals surface area contributed by atoms with Crippen LogP contribution in [0, 0.1) is 0 Å². The largest absolute Gasteiger partial charge is 0.506 e. The summed E-state index contributed by atoms with van der Waals surface area (Å²) >= 11 is 1.42. The minimum absolute atomic E-state index is 0.0357. The molecule has 1 atom stereocenters. The van der Waals surface area contributed by atoms with E-state index in [9.17, 15) is 14.7 Å². The van der Waals surface area contributed by atoms with Crippen LogP contribution < -0.4 is 5.32 Å². The molecule has 8 heteroatoms. The molecule has 2 N–H and O–H groups in total. The lowest BCUT2D eigenvalue weighted by Crippen LogP contribution is -2.43. The van der Waals surface area contributed by atoms with Crippen molar-refractivity contribution in [2.75, 3.05) is 25.0 Å². The molecule has 2 aliphatic heterocycles. The van der Waals surface area contributed by atoms with Crippen molar-refractivity contribution in [2.24, 2.45) is 0 Å². The molecule has 0 aliphatic carbocycles. The monoisotopic (exact) mass is 464 g/mol. The molecule has 7 nitrogen and oxygen atoms in total. The van der Waals surface area contributed by atoms with Crippen molar-refractivity contribution < 1.29 is 14.7 Å². The number of aromatic nitrogens is 1. The summed E-state index contributed by atoms with van der Waals surface area (Å²) in [6, 6.07) is 10.3. The third-order valence-corrected chi connectivity index (χ3v) is 7.37. The van der Waals surface area contributed by atoms with E-state index in [1.807, 2.05) is 29.6 Å². The van der Waals surface area contributed by atoms with E-state index in [1.165, 1.54) is 30.6 Å². The number of piperidine rings is 1. The first kappa shape index (κ1) is 21.9. The molecule has 2 aliphatic rings. The van der Waals surface area contributed by atoms with Crippen LogP contribution in [0.25, 0.3) is 10.8 Å². The van der Waals surface area contributed by atoms with E-state index in [1.54, 1.807) is 17.0 Å². The number of carbonyl (C=O) groups excluding carboxylic acids is 2. The quantitative estimate of drug-likeness (QED) is 0.590. The predicted molar refractivity (Wildman–Crippen MR) is 130 cm³/mol. The summed E-state index contributed by atoms with van der Waals surface area (Å²) in [6.45, 7) is 3.49. The normalized spacial score (nSPS) is 19.2. The zero-order chi connectivity index (χ0) is 22.8. The first-order valence-corrected chi connectivity index (χ1v) is 12.5. The smallest absolute Gasteiger partial charge is 0.258 e. The lowest BCUT2D eigenvalue weighted by atomic mass is 10.0. The van der Waals surface area contributed by atoms with Crippen LogP contribution in [-0.4, -0.2) is 57.4 Å². The lowest BCUT2D eigenvalue weighted by Gasteiger charge is -2.25. The third-order valence-electron chi connectivity index (χ3n) is 6.56. The number of aromatic hydroxyl groups is 1. The van der Waals surface area contributed by atoms with Gasteiger partial charge in [0, 0.05) is 23.9 Å². The van der Waals surface area contributed by atoms with E-state index in [-0.39, 0.29) is 23.1 Å². The van der Waals surface area contributed by atoms with Gasteiger partial charge >= 0.3 is 0 Å². The maximum absolute atomic E-state index is 13.3. The Kier molecular flexibility index (Phi) is 6.28. The second kappa shape index (κ2) is 9.49. The molecule has 2 aromatic carbocycles. The lowest BCUT2D eigenvalue weighted by molar-refractivity contribution is -0.119. The van der Waals surface area contributed by atoms with Gasteiger partial charge < -0.3 is 15.3 Å². The number of hydrogen-bond donors (Lipinski definition) is 2. The van der Waals surface area contributed by atoms with Crippen molar-refractivity contribution in [2.45, 2.75) is 44.7 Å². The second-order valence-corrected chi connectivity index (χ2v) is 9.67. The van der Waals surface area contributed by atoms with Crippen LogP contribution >= 0.6 is 11.3 Å². The van der Waals surface area contributed by atoms with Crippen molar-refractivity contribution in [1.29, 1.82) is 0 Å². The summed E-state index contributed by atoms with van der Waals surface area (Å²) in [6.07, 6.45) is 5.09. The Morgan fingerprint density at radius 3 is 2.73 bits per heavy atom. The number of rotatable bonds is 5. The number of amides is 2. The summed E-state index contributed by atoms with van der Waals surface area (Å²) in [7, 11) is 0. The van der Waals surface area contributed by atoms with Crippen LogP contribution in [0.15, 0.2) is 41.8 Å². The minimum Gasteiger partial charge on any atom is -0.506 e. The van der Waals surface area contributed by atoms with E-state index in [4.69, 9.17) is 0 Å². The number of thiazole rings is 1. The number of anilines is 1. The number of nitrogens with one attached hydrogen (secondary N) is 1. The zero-order valence-corrected chi connectivity index (χ0v) is 19.3. The number of phenolic OH excluding ortho intramolecular Hbond substituents is 1. The first-order valence-electron chi connectivity index (χ1n) is 11.6. The summed E-state index contributed by atoms with van der Waals surface area (Å²) in [5.74, 6) is -0.577. The molecule has 33 heavy (non-hydrogen) atoms.